The van der Waals surface area contributed by atoms with E-state index >= 15 is 0 Å². The summed E-state index contributed by atoms with van der Waals surface area (Å²) >= 11 is 0. The normalized spacial score (nSPS) is 10.9. The van der Waals surface area contributed by atoms with Crippen LogP contribution in [0.1, 0.15) is 107 Å². The van der Waals surface area contributed by atoms with Gasteiger partial charge in [0.15, 0.2) is 5.75 Å². The van der Waals surface area contributed by atoms with Crippen molar-refractivity contribution >= 4 is 11.7 Å². The van der Waals surface area contributed by atoms with Gasteiger partial charge < -0.3 is 15.6 Å². The van der Waals surface area contributed by atoms with Crippen molar-refractivity contribution in [3.8, 4) is 5.75 Å². The Labute approximate surface area is 165 Å². The zero-order chi connectivity index (χ0) is 19.7. The van der Waals surface area contributed by atoms with E-state index in [2.05, 4.69) is 6.92 Å². The number of nitrogen functional groups attached to an aromatic ring is 1. The molecule has 0 aromatic heterocycles. The van der Waals surface area contributed by atoms with Crippen LogP contribution in [0.3, 0.4) is 0 Å². The van der Waals surface area contributed by atoms with E-state index in [-0.39, 0.29) is 5.56 Å². The minimum Gasteiger partial charge on any atom is -0.491 e. The third-order valence-corrected chi connectivity index (χ3v) is 5.02. The molecule has 0 bridgehead atoms. The second-order valence-electron chi connectivity index (χ2n) is 7.47. The van der Waals surface area contributed by atoms with Crippen LogP contribution in [0.15, 0.2) is 18.2 Å². The first-order valence-electron chi connectivity index (χ1n) is 10.9. The Balaban J connectivity index is 1.95. The fourth-order valence-corrected chi connectivity index (χ4v) is 3.36. The second kappa shape index (κ2) is 15.4. The van der Waals surface area contributed by atoms with Gasteiger partial charge in [0.1, 0.15) is 5.56 Å². The molecule has 0 radical (unpaired) electrons. The molecule has 0 saturated heterocycles. The molecule has 3 N–H and O–H groups in total. The number of ether oxygens (including phenoxy) is 1. The number of carboxylic acids is 1. The fraction of sp³-hybridized carbons (Fsp3) is 0.696. The number of nitrogens with two attached hydrogens (primary N) is 1. The third-order valence-electron chi connectivity index (χ3n) is 5.02. The first kappa shape index (κ1) is 23.3. The summed E-state index contributed by atoms with van der Waals surface area (Å²) in [5.41, 5.74) is 6.36. The summed E-state index contributed by atoms with van der Waals surface area (Å²) in [4.78, 5) is 11.2. The topological polar surface area (TPSA) is 72.5 Å². The van der Waals surface area contributed by atoms with E-state index in [1.165, 1.54) is 83.1 Å². The lowest BCUT2D eigenvalue weighted by Crippen LogP contribution is -2.07. The predicted molar refractivity (Wildman–Crippen MR) is 114 cm³/mol. The van der Waals surface area contributed by atoms with Gasteiger partial charge in [0, 0.05) is 0 Å². The fourth-order valence-electron chi connectivity index (χ4n) is 3.36. The summed E-state index contributed by atoms with van der Waals surface area (Å²) in [7, 11) is 0. The number of hydrogen-bond donors (Lipinski definition) is 2. The van der Waals surface area contributed by atoms with Gasteiger partial charge in [0.05, 0.1) is 12.3 Å². The summed E-state index contributed by atoms with van der Waals surface area (Å²) in [5.74, 6) is -0.696. The number of para-hydroxylation sites is 1. The molecule has 0 aliphatic carbocycles. The maximum atomic E-state index is 11.2. The monoisotopic (exact) mass is 377 g/mol. The quantitative estimate of drug-likeness (QED) is 0.230. The van der Waals surface area contributed by atoms with Crippen LogP contribution in [0.5, 0.6) is 5.75 Å². The minimum absolute atomic E-state index is 0.139. The van der Waals surface area contributed by atoms with Crippen LogP contribution in [-0.2, 0) is 0 Å². The van der Waals surface area contributed by atoms with Gasteiger partial charge in [0.2, 0.25) is 0 Å². The first-order chi connectivity index (χ1) is 13.2. The van der Waals surface area contributed by atoms with Crippen LogP contribution in [0.25, 0.3) is 0 Å². The SMILES string of the molecule is CCCCCCCCCCCCCCCCOc1c(N)cccc1C(=O)O. The number of carboxylic acid groups (broad SMARTS) is 1. The molecule has 4 nitrogen and oxygen atoms in total. The van der Waals surface area contributed by atoms with Gasteiger partial charge in [-0.1, -0.05) is 96.5 Å². The van der Waals surface area contributed by atoms with E-state index < -0.39 is 5.97 Å². The lowest BCUT2D eigenvalue weighted by Gasteiger charge is -2.11. The highest BCUT2D eigenvalue weighted by Crippen LogP contribution is 2.26. The first-order valence-corrected chi connectivity index (χ1v) is 10.9. The number of hydrogen-bond acceptors (Lipinski definition) is 3. The van der Waals surface area contributed by atoms with Crippen molar-refractivity contribution in [3.63, 3.8) is 0 Å². The molecule has 0 amide bonds. The molecule has 0 heterocycles. The molecule has 0 atom stereocenters. The Morgan fingerprint density at radius 3 is 1.81 bits per heavy atom. The van der Waals surface area contributed by atoms with Crippen molar-refractivity contribution in [2.75, 3.05) is 12.3 Å². The summed E-state index contributed by atoms with van der Waals surface area (Å²) in [6, 6.07) is 4.84. The van der Waals surface area contributed by atoms with Gasteiger partial charge >= 0.3 is 5.97 Å². The highest BCUT2D eigenvalue weighted by atomic mass is 16.5. The van der Waals surface area contributed by atoms with Crippen molar-refractivity contribution in [2.24, 2.45) is 0 Å². The van der Waals surface area contributed by atoms with E-state index in [0.717, 1.165) is 12.8 Å². The van der Waals surface area contributed by atoms with Crippen molar-refractivity contribution < 1.29 is 14.6 Å². The molecule has 27 heavy (non-hydrogen) atoms. The molecule has 0 unspecified atom stereocenters. The molecule has 1 rings (SSSR count). The van der Waals surface area contributed by atoms with Gasteiger partial charge in [-0.15, -0.1) is 0 Å². The molecule has 0 spiro atoms. The zero-order valence-corrected chi connectivity index (χ0v) is 17.2. The van der Waals surface area contributed by atoms with E-state index in [0.29, 0.717) is 18.0 Å². The van der Waals surface area contributed by atoms with Crippen molar-refractivity contribution in [1.82, 2.24) is 0 Å². The average Bonchev–Trinajstić information content (AvgIpc) is 2.65. The van der Waals surface area contributed by atoms with Crippen LogP contribution < -0.4 is 10.5 Å². The van der Waals surface area contributed by atoms with Crippen molar-refractivity contribution in [3.05, 3.63) is 23.8 Å². The van der Waals surface area contributed by atoms with Gasteiger partial charge in [-0.2, -0.15) is 0 Å². The van der Waals surface area contributed by atoms with Gasteiger partial charge in [-0.05, 0) is 18.6 Å². The smallest absolute Gasteiger partial charge is 0.339 e. The average molecular weight is 378 g/mol. The molecule has 1 aromatic rings. The number of aromatic carboxylic acids is 1. The van der Waals surface area contributed by atoms with E-state index in [1.807, 2.05) is 0 Å². The van der Waals surface area contributed by atoms with Crippen molar-refractivity contribution in [2.45, 2.75) is 96.8 Å². The number of anilines is 1. The van der Waals surface area contributed by atoms with Crippen LogP contribution in [0.4, 0.5) is 5.69 Å². The van der Waals surface area contributed by atoms with E-state index in [9.17, 15) is 9.90 Å². The summed E-state index contributed by atoms with van der Waals surface area (Å²) in [6.07, 6.45) is 18.4. The van der Waals surface area contributed by atoms with Gasteiger partial charge in [-0.3, -0.25) is 0 Å². The summed E-state index contributed by atoms with van der Waals surface area (Å²) in [5, 5.41) is 9.18. The molecule has 0 aliphatic rings. The predicted octanol–water partition coefficient (Wildman–Crippen LogP) is 6.83. The highest BCUT2D eigenvalue weighted by Gasteiger charge is 2.13. The van der Waals surface area contributed by atoms with Crippen LogP contribution in [-0.4, -0.2) is 17.7 Å². The summed E-state index contributed by atoms with van der Waals surface area (Å²) < 4.78 is 5.63. The Morgan fingerprint density at radius 1 is 0.852 bits per heavy atom. The Kier molecular flexibility index (Phi) is 13.3. The number of benzene rings is 1. The zero-order valence-electron chi connectivity index (χ0n) is 17.2. The molecule has 4 heteroatoms. The minimum atomic E-state index is -1.00. The largest absolute Gasteiger partial charge is 0.491 e. The van der Waals surface area contributed by atoms with Crippen LogP contribution >= 0.6 is 0 Å². The number of carbonyl (C=O) groups is 1. The van der Waals surface area contributed by atoms with Gasteiger partial charge in [0.25, 0.3) is 0 Å². The van der Waals surface area contributed by atoms with E-state index in [4.69, 9.17) is 10.5 Å². The maximum absolute atomic E-state index is 11.2. The molecule has 0 fully saturated rings. The molecular weight excluding hydrogens is 338 g/mol. The van der Waals surface area contributed by atoms with Crippen molar-refractivity contribution in [1.29, 1.82) is 0 Å². The Bertz CT molecular complexity index is 516. The third kappa shape index (κ3) is 10.9. The lowest BCUT2D eigenvalue weighted by molar-refractivity contribution is 0.0692. The molecule has 0 aliphatic heterocycles. The van der Waals surface area contributed by atoms with Crippen LogP contribution in [0.2, 0.25) is 0 Å². The number of rotatable bonds is 17. The lowest BCUT2D eigenvalue weighted by atomic mass is 10.0. The second-order valence-corrected chi connectivity index (χ2v) is 7.47. The van der Waals surface area contributed by atoms with Crippen LogP contribution in [0, 0.1) is 0 Å². The standard InChI is InChI=1S/C23H39NO3/c1-2-3-4-5-6-7-8-9-10-11-12-13-14-15-19-27-22-20(23(25)26)17-16-18-21(22)24/h16-18H,2-15,19,24H2,1H3,(H,25,26). The summed E-state index contributed by atoms with van der Waals surface area (Å²) in [6.45, 7) is 2.79. The van der Waals surface area contributed by atoms with E-state index in [1.54, 1.807) is 12.1 Å². The maximum Gasteiger partial charge on any atom is 0.339 e. The van der Waals surface area contributed by atoms with Gasteiger partial charge in [-0.25, -0.2) is 4.79 Å². The number of unbranched alkanes of at least 4 members (excludes halogenated alkanes) is 13. The molecular formula is C23H39NO3. The molecule has 1 aromatic carbocycles. The Hall–Kier alpha value is -1.71. The molecule has 154 valence electrons. The highest BCUT2D eigenvalue weighted by molar-refractivity contribution is 5.93. The molecule has 0 saturated carbocycles. The Morgan fingerprint density at radius 2 is 1.33 bits per heavy atom.